The number of nitrogens with zero attached hydrogens (tertiary/aromatic N) is 3. The van der Waals surface area contributed by atoms with E-state index in [2.05, 4.69) is 16.4 Å². The van der Waals surface area contributed by atoms with E-state index in [1.165, 1.54) is 11.8 Å². The first-order valence-corrected chi connectivity index (χ1v) is 9.63. The first kappa shape index (κ1) is 18.5. The summed E-state index contributed by atoms with van der Waals surface area (Å²) in [6.07, 6.45) is 3.89. The van der Waals surface area contributed by atoms with E-state index in [1.807, 2.05) is 36.6 Å². The predicted octanol–water partition coefficient (Wildman–Crippen LogP) is 3.28. The summed E-state index contributed by atoms with van der Waals surface area (Å²) in [4.78, 5) is 16.7. The molecule has 1 atom stereocenters. The Kier molecular flexibility index (Phi) is 5.96. The fourth-order valence-corrected chi connectivity index (χ4v) is 3.75. The molecule has 2 aromatic rings. The number of nitriles is 1. The molecule has 0 bridgehead atoms. The number of anilines is 1. The summed E-state index contributed by atoms with van der Waals surface area (Å²) in [5, 5.41) is 13.3. The molecule has 0 unspecified atom stereocenters. The third-order valence-corrected chi connectivity index (χ3v) is 5.54. The van der Waals surface area contributed by atoms with E-state index in [0.29, 0.717) is 17.9 Å². The number of aromatic nitrogens is 2. The van der Waals surface area contributed by atoms with Gasteiger partial charge in [0, 0.05) is 18.5 Å². The molecule has 1 fully saturated rings. The maximum Gasteiger partial charge on any atom is 0.235 e. The van der Waals surface area contributed by atoms with Gasteiger partial charge in [-0.05, 0) is 44.4 Å². The Morgan fingerprint density at radius 2 is 2.35 bits per heavy atom. The molecule has 1 amide bonds. The summed E-state index contributed by atoms with van der Waals surface area (Å²) in [6, 6.07) is 7.83. The SMILES string of the molecule is Cc1c(C#N)c(NC(=O)CSc2ccccn2)n(C[C@@H]2CCCO2)c1C. The molecule has 3 rings (SSSR count). The largest absolute Gasteiger partial charge is 0.376 e. The van der Waals surface area contributed by atoms with Crippen LogP contribution in [-0.4, -0.2) is 33.9 Å². The van der Waals surface area contributed by atoms with E-state index < -0.39 is 0 Å². The van der Waals surface area contributed by atoms with Gasteiger partial charge < -0.3 is 14.6 Å². The number of nitrogens with one attached hydrogen (secondary N) is 1. The summed E-state index contributed by atoms with van der Waals surface area (Å²) in [5.41, 5.74) is 2.42. The van der Waals surface area contributed by atoms with Crippen LogP contribution >= 0.6 is 11.8 Å². The highest BCUT2D eigenvalue weighted by atomic mass is 32.2. The third kappa shape index (κ3) is 4.09. The smallest absolute Gasteiger partial charge is 0.235 e. The van der Waals surface area contributed by atoms with Gasteiger partial charge in [-0.15, -0.1) is 0 Å². The van der Waals surface area contributed by atoms with Crippen LogP contribution in [0.3, 0.4) is 0 Å². The number of pyridine rings is 1. The summed E-state index contributed by atoms with van der Waals surface area (Å²) in [5.74, 6) is 0.665. The molecule has 26 heavy (non-hydrogen) atoms. The molecule has 1 N–H and O–H groups in total. The Balaban J connectivity index is 1.75. The molecule has 1 aliphatic heterocycles. The predicted molar refractivity (Wildman–Crippen MR) is 101 cm³/mol. The van der Waals surface area contributed by atoms with E-state index in [9.17, 15) is 10.1 Å². The number of carbonyl (C=O) groups is 1. The van der Waals surface area contributed by atoms with Crippen LogP contribution in [0.2, 0.25) is 0 Å². The molecule has 2 aromatic heterocycles. The second-order valence-corrected chi connectivity index (χ2v) is 7.29. The zero-order valence-electron chi connectivity index (χ0n) is 15.0. The van der Waals surface area contributed by atoms with Gasteiger partial charge in [0.1, 0.15) is 11.9 Å². The average molecular weight is 370 g/mol. The lowest BCUT2D eigenvalue weighted by atomic mass is 10.2. The van der Waals surface area contributed by atoms with Gasteiger partial charge in [0.05, 0.1) is 29.0 Å². The van der Waals surface area contributed by atoms with Crippen molar-refractivity contribution in [3.05, 3.63) is 41.2 Å². The van der Waals surface area contributed by atoms with E-state index >= 15 is 0 Å². The summed E-state index contributed by atoms with van der Waals surface area (Å²) in [7, 11) is 0. The minimum atomic E-state index is -0.150. The number of carbonyl (C=O) groups excluding carboxylic acids is 1. The minimum absolute atomic E-state index is 0.130. The number of rotatable bonds is 6. The van der Waals surface area contributed by atoms with E-state index in [1.54, 1.807) is 6.20 Å². The molecule has 1 saturated heterocycles. The van der Waals surface area contributed by atoms with E-state index in [4.69, 9.17) is 4.74 Å². The first-order valence-electron chi connectivity index (χ1n) is 8.65. The molecule has 0 aromatic carbocycles. The fraction of sp³-hybridized carbons (Fsp3) is 0.421. The van der Waals surface area contributed by atoms with Crippen molar-refractivity contribution in [1.82, 2.24) is 9.55 Å². The molecular formula is C19H22N4O2S. The van der Waals surface area contributed by atoms with Crippen molar-refractivity contribution in [2.45, 2.75) is 44.4 Å². The number of hydrogen-bond acceptors (Lipinski definition) is 5. The molecule has 0 saturated carbocycles. The second kappa shape index (κ2) is 8.39. The number of amides is 1. The fourth-order valence-electron chi connectivity index (χ4n) is 3.09. The van der Waals surface area contributed by atoms with Crippen molar-refractivity contribution in [2.24, 2.45) is 0 Å². The van der Waals surface area contributed by atoms with E-state index in [-0.39, 0.29) is 17.8 Å². The van der Waals surface area contributed by atoms with Crippen molar-refractivity contribution in [2.75, 3.05) is 17.7 Å². The summed E-state index contributed by atoms with van der Waals surface area (Å²) in [6.45, 7) is 5.32. The Morgan fingerprint density at radius 3 is 3.00 bits per heavy atom. The standard InChI is InChI=1S/C19H22N4O2S/c1-13-14(2)23(11-15-6-5-9-25-15)19(16(13)10-20)22-17(24)12-26-18-7-3-4-8-21-18/h3-4,7-8,15H,5-6,9,11-12H2,1-2H3,(H,22,24)/t15-/m0/s1. The van der Waals surface area contributed by atoms with Gasteiger partial charge in [0.2, 0.25) is 5.91 Å². The second-order valence-electron chi connectivity index (χ2n) is 6.30. The lowest BCUT2D eigenvalue weighted by molar-refractivity contribution is -0.113. The summed E-state index contributed by atoms with van der Waals surface area (Å²) >= 11 is 1.37. The van der Waals surface area contributed by atoms with Crippen LogP contribution < -0.4 is 5.32 Å². The highest BCUT2D eigenvalue weighted by molar-refractivity contribution is 7.99. The monoisotopic (exact) mass is 370 g/mol. The van der Waals surface area contributed by atoms with Gasteiger partial charge in [-0.1, -0.05) is 17.8 Å². The normalized spacial score (nSPS) is 16.4. The van der Waals surface area contributed by atoms with Gasteiger partial charge in [-0.25, -0.2) is 4.98 Å². The molecule has 1 aliphatic rings. The highest BCUT2D eigenvalue weighted by Crippen LogP contribution is 2.28. The number of ether oxygens (including phenoxy) is 1. The van der Waals surface area contributed by atoms with Gasteiger partial charge in [-0.3, -0.25) is 4.79 Å². The molecule has 0 spiro atoms. The van der Waals surface area contributed by atoms with Gasteiger partial charge in [0.25, 0.3) is 0 Å². The lowest BCUT2D eigenvalue weighted by Crippen LogP contribution is -2.22. The van der Waals surface area contributed by atoms with Crippen LogP contribution in [0.4, 0.5) is 5.82 Å². The average Bonchev–Trinajstić information content (AvgIpc) is 3.24. The van der Waals surface area contributed by atoms with Gasteiger partial charge in [0.15, 0.2) is 0 Å². The van der Waals surface area contributed by atoms with Crippen molar-refractivity contribution < 1.29 is 9.53 Å². The Bertz CT molecular complexity index is 820. The van der Waals surface area contributed by atoms with Crippen LogP contribution in [0, 0.1) is 25.2 Å². The Morgan fingerprint density at radius 1 is 1.50 bits per heavy atom. The first-order chi connectivity index (χ1) is 12.6. The van der Waals surface area contributed by atoms with Crippen molar-refractivity contribution in [1.29, 1.82) is 5.26 Å². The minimum Gasteiger partial charge on any atom is -0.376 e. The quantitative estimate of drug-likeness (QED) is 0.789. The molecule has 136 valence electrons. The van der Waals surface area contributed by atoms with Crippen LogP contribution in [-0.2, 0) is 16.1 Å². The number of thioether (sulfide) groups is 1. The Labute approximate surface area is 157 Å². The van der Waals surface area contributed by atoms with Crippen LogP contribution in [0.15, 0.2) is 29.4 Å². The van der Waals surface area contributed by atoms with Gasteiger partial charge >= 0.3 is 0 Å². The molecular weight excluding hydrogens is 348 g/mol. The molecule has 0 radical (unpaired) electrons. The molecule has 7 heteroatoms. The van der Waals surface area contributed by atoms with Gasteiger partial charge in [-0.2, -0.15) is 5.26 Å². The third-order valence-electron chi connectivity index (χ3n) is 4.60. The maximum absolute atomic E-state index is 12.5. The molecule has 3 heterocycles. The van der Waals surface area contributed by atoms with Crippen LogP contribution in [0.5, 0.6) is 0 Å². The van der Waals surface area contributed by atoms with E-state index in [0.717, 1.165) is 35.7 Å². The highest BCUT2D eigenvalue weighted by Gasteiger charge is 2.23. The van der Waals surface area contributed by atoms with Crippen molar-refractivity contribution in [3.8, 4) is 6.07 Å². The molecule has 0 aliphatic carbocycles. The zero-order chi connectivity index (χ0) is 18.5. The van der Waals surface area contributed by atoms with Crippen molar-refractivity contribution in [3.63, 3.8) is 0 Å². The van der Waals surface area contributed by atoms with Crippen molar-refractivity contribution >= 4 is 23.5 Å². The van der Waals surface area contributed by atoms with Crippen LogP contribution in [0.1, 0.15) is 29.7 Å². The topological polar surface area (TPSA) is 79.9 Å². The molecule has 6 nitrogen and oxygen atoms in total. The van der Waals surface area contributed by atoms with Crippen LogP contribution in [0.25, 0.3) is 0 Å². The maximum atomic E-state index is 12.5. The zero-order valence-corrected chi connectivity index (χ0v) is 15.8. The Hall–Kier alpha value is -2.30. The summed E-state index contributed by atoms with van der Waals surface area (Å²) < 4.78 is 7.74. The lowest BCUT2D eigenvalue weighted by Gasteiger charge is -2.16. The number of hydrogen-bond donors (Lipinski definition) is 1.